The number of carbonyl (C=O) groups is 2. The predicted molar refractivity (Wildman–Crippen MR) is 126 cm³/mol. The van der Waals surface area contributed by atoms with Crippen LogP contribution in [0.25, 0.3) is 11.4 Å². The van der Waals surface area contributed by atoms with Crippen LogP contribution in [0, 0.1) is 5.92 Å². The van der Waals surface area contributed by atoms with Crippen molar-refractivity contribution in [1.82, 2.24) is 25.7 Å². The molecule has 10 nitrogen and oxygen atoms in total. The summed E-state index contributed by atoms with van der Waals surface area (Å²) in [6.45, 7) is 10.5. The third-order valence-corrected chi connectivity index (χ3v) is 5.22. The summed E-state index contributed by atoms with van der Waals surface area (Å²) >= 11 is 0. The molecular weight excluding hydrogens is 438 g/mol. The molecule has 0 spiro atoms. The van der Waals surface area contributed by atoms with Crippen molar-refractivity contribution in [3.05, 3.63) is 30.2 Å². The number of likely N-dealkylation sites (tertiary alicyclic amines) is 1. The van der Waals surface area contributed by atoms with Crippen molar-refractivity contribution >= 4 is 12.0 Å². The molecular formula is C24H35N5O5. The maximum atomic E-state index is 12.6. The molecule has 1 aromatic carbocycles. The number of nitrogens with one attached hydrogen (secondary N) is 2. The van der Waals surface area contributed by atoms with Crippen molar-refractivity contribution in [2.75, 3.05) is 32.8 Å². The van der Waals surface area contributed by atoms with Gasteiger partial charge in [-0.2, -0.15) is 4.98 Å². The molecule has 2 aromatic rings. The number of aromatic nitrogens is 2. The number of hydrogen-bond donors (Lipinski definition) is 2. The van der Waals surface area contributed by atoms with Crippen LogP contribution in [-0.4, -0.2) is 65.4 Å². The fraction of sp³-hybridized carbons (Fsp3) is 0.583. The van der Waals surface area contributed by atoms with Crippen molar-refractivity contribution < 1.29 is 23.6 Å². The standard InChI is InChI=1S/C24H35N5O5/c1-5-32-19-11-7-6-10-18(19)21-27-20(34-28-21)16-29-14-8-9-17(15-29)22(30)25-12-13-26-23(31)33-24(2,3)4/h6-7,10-11,17H,5,8-9,12-16H2,1-4H3,(H,25,30)(H,26,31). The summed E-state index contributed by atoms with van der Waals surface area (Å²) in [7, 11) is 0. The van der Waals surface area contributed by atoms with E-state index in [0.29, 0.717) is 50.3 Å². The Morgan fingerprint density at radius 1 is 1.21 bits per heavy atom. The van der Waals surface area contributed by atoms with E-state index in [4.69, 9.17) is 14.0 Å². The van der Waals surface area contributed by atoms with Crippen LogP contribution in [0.2, 0.25) is 0 Å². The van der Waals surface area contributed by atoms with Crippen LogP contribution in [0.15, 0.2) is 28.8 Å². The Morgan fingerprint density at radius 3 is 2.74 bits per heavy atom. The van der Waals surface area contributed by atoms with Gasteiger partial charge >= 0.3 is 6.09 Å². The summed E-state index contributed by atoms with van der Waals surface area (Å²) in [6.07, 6.45) is 1.23. The van der Waals surface area contributed by atoms with Crippen LogP contribution >= 0.6 is 0 Å². The zero-order chi connectivity index (χ0) is 24.6. The monoisotopic (exact) mass is 473 g/mol. The van der Waals surface area contributed by atoms with E-state index in [9.17, 15) is 9.59 Å². The van der Waals surface area contributed by atoms with E-state index >= 15 is 0 Å². The van der Waals surface area contributed by atoms with Gasteiger partial charge in [0, 0.05) is 19.6 Å². The first-order chi connectivity index (χ1) is 16.2. The molecule has 34 heavy (non-hydrogen) atoms. The number of nitrogens with zero attached hydrogens (tertiary/aromatic N) is 3. The van der Waals surface area contributed by atoms with Gasteiger partial charge in [-0.3, -0.25) is 9.69 Å². The lowest BCUT2D eigenvalue weighted by Gasteiger charge is -2.30. The van der Waals surface area contributed by atoms with E-state index in [-0.39, 0.29) is 11.8 Å². The molecule has 1 saturated heterocycles. The Hall–Kier alpha value is -3.14. The molecule has 2 heterocycles. The highest BCUT2D eigenvalue weighted by Crippen LogP contribution is 2.28. The average molecular weight is 474 g/mol. The number of amides is 2. The third-order valence-electron chi connectivity index (χ3n) is 5.22. The molecule has 2 N–H and O–H groups in total. The topological polar surface area (TPSA) is 119 Å². The van der Waals surface area contributed by atoms with Gasteiger partial charge in [0.1, 0.15) is 11.4 Å². The summed E-state index contributed by atoms with van der Waals surface area (Å²) < 4.78 is 16.3. The second-order valence-electron chi connectivity index (χ2n) is 9.23. The van der Waals surface area contributed by atoms with Gasteiger partial charge in [0.05, 0.1) is 24.6 Å². The molecule has 1 aliphatic rings. The minimum Gasteiger partial charge on any atom is -0.493 e. The average Bonchev–Trinajstić information content (AvgIpc) is 3.24. The number of ether oxygens (including phenoxy) is 2. The molecule has 186 valence electrons. The van der Waals surface area contributed by atoms with Crippen LogP contribution in [0.3, 0.4) is 0 Å². The second-order valence-corrected chi connectivity index (χ2v) is 9.23. The fourth-order valence-corrected chi connectivity index (χ4v) is 3.77. The highest BCUT2D eigenvalue weighted by Gasteiger charge is 2.27. The summed E-state index contributed by atoms with van der Waals surface area (Å²) in [4.78, 5) is 31.0. The van der Waals surface area contributed by atoms with E-state index in [2.05, 4.69) is 25.7 Å². The van der Waals surface area contributed by atoms with Crippen molar-refractivity contribution in [1.29, 1.82) is 0 Å². The number of carbonyl (C=O) groups excluding carboxylic acids is 2. The van der Waals surface area contributed by atoms with Crippen molar-refractivity contribution in [3.63, 3.8) is 0 Å². The van der Waals surface area contributed by atoms with Crippen LogP contribution in [-0.2, 0) is 16.1 Å². The Kier molecular flexibility index (Phi) is 8.86. The number of benzene rings is 1. The first-order valence-electron chi connectivity index (χ1n) is 11.8. The van der Waals surface area contributed by atoms with Gasteiger partial charge < -0.3 is 24.6 Å². The maximum Gasteiger partial charge on any atom is 0.407 e. The Labute approximate surface area is 200 Å². The largest absolute Gasteiger partial charge is 0.493 e. The molecule has 0 saturated carbocycles. The quantitative estimate of drug-likeness (QED) is 0.534. The molecule has 1 atom stereocenters. The van der Waals surface area contributed by atoms with Gasteiger partial charge in [-0.25, -0.2) is 4.79 Å². The van der Waals surface area contributed by atoms with E-state index in [1.54, 1.807) is 20.8 Å². The Morgan fingerprint density at radius 2 is 1.97 bits per heavy atom. The summed E-state index contributed by atoms with van der Waals surface area (Å²) in [5, 5.41) is 9.66. The zero-order valence-corrected chi connectivity index (χ0v) is 20.4. The Balaban J connectivity index is 1.46. The lowest BCUT2D eigenvalue weighted by Crippen LogP contribution is -2.44. The molecule has 2 amide bonds. The molecule has 0 radical (unpaired) electrons. The Bertz CT molecular complexity index is 955. The number of para-hydroxylation sites is 1. The third kappa shape index (κ3) is 7.72. The van der Waals surface area contributed by atoms with Gasteiger partial charge in [-0.15, -0.1) is 0 Å². The molecule has 0 aliphatic carbocycles. The molecule has 1 unspecified atom stereocenters. The van der Waals surface area contributed by atoms with Gasteiger partial charge in [-0.05, 0) is 59.2 Å². The highest BCUT2D eigenvalue weighted by molar-refractivity contribution is 5.79. The number of piperidine rings is 1. The van der Waals surface area contributed by atoms with Gasteiger partial charge in [0.15, 0.2) is 0 Å². The normalized spacial score (nSPS) is 16.6. The molecule has 1 fully saturated rings. The molecule has 0 bridgehead atoms. The van der Waals surface area contributed by atoms with Crippen LogP contribution < -0.4 is 15.4 Å². The fourth-order valence-electron chi connectivity index (χ4n) is 3.77. The number of hydrogen-bond acceptors (Lipinski definition) is 8. The van der Waals surface area contributed by atoms with Crippen molar-refractivity contribution in [2.45, 2.75) is 52.7 Å². The van der Waals surface area contributed by atoms with Gasteiger partial charge in [0.25, 0.3) is 0 Å². The first-order valence-corrected chi connectivity index (χ1v) is 11.8. The first kappa shape index (κ1) is 25.5. The maximum absolute atomic E-state index is 12.6. The number of alkyl carbamates (subject to hydrolysis) is 1. The van der Waals surface area contributed by atoms with Gasteiger partial charge in [-0.1, -0.05) is 17.3 Å². The van der Waals surface area contributed by atoms with Crippen LogP contribution in [0.4, 0.5) is 4.79 Å². The van der Waals surface area contributed by atoms with Crippen LogP contribution in [0.1, 0.15) is 46.4 Å². The molecule has 3 rings (SSSR count). The van der Waals surface area contributed by atoms with E-state index in [1.165, 1.54) is 0 Å². The second kappa shape index (κ2) is 11.8. The minimum atomic E-state index is -0.551. The van der Waals surface area contributed by atoms with E-state index in [1.807, 2.05) is 31.2 Å². The number of rotatable bonds is 9. The highest BCUT2D eigenvalue weighted by atomic mass is 16.6. The lowest BCUT2D eigenvalue weighted by atomic mass is 9.97. The van der Waals surface area contributed by atoms with Crippen LogP contribution in [0.5, 0.6) is 5.75 Å². The van der Waals surface area contributed by atoms with E-state index in [0.717, 1.165) is 24.9 Å². The molecule has 1 aliphatic heterocycles. The minimum absolute atomic E-state index is 0.0208. The zero-order valence-electron chi connectivity index (χ0n) is 20.4. The summed E-state index contributed by atoms with van der Waals surface area (Å²) in [6, 6.07) is 7.59. The van der Waals surface area contributed by atoms with Crippen molar-refractivity contribution in [2.24, 2.45) is 5.92 Å². The summed E-state index contributed by atoms with van der Waals surface area (Å²) in [5.41, 5.74) is 0.236. The molecule has 1 aromatic heterocycles. The van der Waals surface area contributed by atoms with Crippen molar-refractivity contribution in [3.8, 4) is 17.1 Å². The SMILES string of the molecule is CCOc1ccccc1-c1noc(CN2CCCC(C(=O)NCCNC(=O)OC(C)(C)C)C2)n1. The van der Waals surface area contributed by atoms with Gasteiger partial charge in [0.2, 0.25) is 17.6 Å². The van der Waals surface area contributed by atoms with E-state index < -0.39 is 11.7 Å². The smallest absolute Gasteiger partial charge is 0.407 e. The molecule has 10 heteroatoms. The summed E-state index contributed by atoms with van der Waals surface area (Å²) in [5.74, 6) is 1.56. The lowest BCUT2D eigenvalue weighted by molar-refractivity contribution is -0.126. The predicted octanol–water partition coefficient (Wildman–Crippen LogP) is 2.99.